The van der Waals surface area contributed by atoms with E-state index in [1.54, 1.807) is 30.3 Å². The standard InChI is InChI=1S/C17H19N3O4/c21-13(18-15(17(22)23)11-5-2-1-3-6-11)7-4-8-14-19-16(20-24-14)12-9-10-12/h1-3,5-6,12,15H,4,7-10H2,(H,18,21)(H,22,23)/t15-/m0/s1. The summed E-state index contributed by atoms with van der Waals surface area (Å²) in [5.74, 6) is 0.328. The molecule has 7 heteroatoms. The van der Waals surface area contributed by atoms with Gasteiger partial charge in [-0.25, -0.2) is 4.79 Å². The van der Waals surface area contributed by atoms with Crippen molar-refractivity contribution in [3.05, 3.63) is 47.6 Å². The predicted molar refractivity (Wildman–Crippen MR) is 84.2 cm³/mol. The number of amides is 1. The monoisotopic (exact) mass is 329 g/mol. The van der Waals surface area contributed by atoms with Gasteiger partial charge in [0.15, 0.2) is 11.9 Å². The van der Waals surface area contributed by atoms with Crippen molar-refractivity contribution in [2.24, 2.45) is 0 Å². The second-order valence-electron chi connectivity index (χ2n) is 5.92. The van der Waals surface area contributed by atoms with E-state index in [4.69, 9.17) is 4.52 Å². The molecule has 1 fully saturated rings. The minimum atomic E-state index is -1.08. The van der Waals surface area contributed by atoms with Crippen molar-refractivity contribution in [3.8, 4) is 0 Å². The average molecular weight is 329 g/mol. The van der Waals surface area contributed by atoms with Crippen molar-refractivity contribution in [1.82, 2.24) is 15.5 Å². The van der Waals surface area contributed by atoms with Crippen molar-refractivity contribution >= 4 is 11.9 Å². The van der Waals surface area contributed by atoms with E-state index in [2.05, 4.69) is 15.5 Å². The van der Waals surface area contributed by atoms with Crippen molar-refractivity contribution in [3.63, 3.8) is 0 Å². The molecule has 0 spiro atoms. The number of benzene rings is 1. The lowest BCUT2D eigenvalue weighted by molar-refractivity contribution is -0.142. The summed E-state index contributed by atoms with van der Waals surface area (Å²) in [5, 5.41) is 15.8. The minimum Gasteiger partial charge on any atom is -0.479 e. The molecule has 24 heavy (non-hydrogen) atoms. The van der Waals surface area contributed by atoms with Crippen LogP contribution in [0.3, 0.4) is 0 Å². The van der Waals surface area contributed by atoms with Gasteiger partial charge in [0.1, 0.15) is 0 Å². The molecule has 1 aliphatic carbocycles. The lowest BCUT2D eigenvalue weighted by Gasteiger charge is -2.14. The normalized spacial score (nSPS) is 15.0. The molecule has 0 saturated heterocycles. The molecule has 3 rings (SSSR count). The Hall–Kier alpha value is -2.70. The van der Waals surface area contributed by atoms with E-state index in [-0.39, 0.29) is 12.3 Å². The molecule has 0 bridgehead atoms. The number of nitrogens with zero attached hydrogens (tertiary/aromatic N) is 2. The predicted octanol–water partition coefficient (Wildman–Crippen LogP) is 2.21. The third kappa shape index (κ3) is 4.18. The average Bonchev–Trinajstić information content (AvgIpc) is 3.32. The molecule has 2 aromatic rings. The fraction of sp³-hybridized carbons (Fsp3) is 0.412. The van der Waals surface area contributed by atoms with Gasteiger partial charge in [0.25, 0.3) is 0 Å². The number of carboxylic acid groups (broad SMARTS) is 1. The van der Waals surface area contributed by atoms with Crippen LogP contribution in [-0.4, -0.2) is 27.1 Å². The Kier molecular flexibility index (Phi) is 4.88. The van der Waals surface area contributed by atoms with Crippen molar-refractivity contribution in [2.45, 2.75) is 44.1 Å². The summed E-state index contributed by atoms with van der Waals surface area (Å²) in [4.78, 5) is 27.7. The van der Waals surface area contributed by atoms with Crippen LogP contribution in [0.5, 0.6) is 0 Å². The van der Waals surface area contributed by atoms with Crippen LogP contribution in [0.25, 0.3) is 0 Å². The number of carbonyl (C=O) groups excluding carboxylic acids is 1. The summed E-state index contributed by atoms with van der Waals surface area (Å²) in [6.07, 6.45) is 3.46. The Morgan fingerprint density at radius 3 is 2.71 bits per heavy atom. The highest BCUT2D eigenvalue weighted by molar-refractivity contribution is 5.84. The third-order valence-electron chi connectivity index (χ3n) is 3.91. The fourth-order valence-electron chi connectivity index (χ4n) is 2.44. The van der Waals surface area contributed by atoms with E-state index in [9.17, 15) is 14.7 Å². The number of aryl methyl sites for hydroxylation is 1. The molecule has 1 heterocycles. The minimum absolute atomic E-state index is 0.206. The Labute approximate surface area is 139 Å². The van der Waals surface area contributed by atoms with Gasteiger partial charge in [0, 0.05) is 18.8 Å². The second kappa shape index (κ2) is 7.25. The molecule has 0 aliphatic heterocycles. The van der Waals surface area contributed by atoms with Gasteiger partial charge in [-0.1, -0.05) is 35.5 Å². The number of hydrogen-bond donors (Lipinski definition) is 2. The van der Waals surface area contributed by atoms with Crippen molar-refractivity contribution in [2.75, 3.05) is 0 Å². The van der Waals surface area contributed by atoms with Crippen LogP contribution < -0.4 is 5.32 Å². The lowest BCUT2D eigenvalue weighted by atomic mass is 10.1. The molecular formula is C17H19N3O4. The van der Waals surface area contributed by atoms with E-state index >= 15 is 0 Å². The lowest BCUT2D eigenvalue weighted by Crippen LogP contribution is -2.33. The zero-order valence-corrected chi connectivity index (χ0v) is 13.1. The maximum atomic E-state index is 12.0. The van der Waals surface area contributed by atoms with E-state index in [1.807, 2.05) is 0 Å². The molecule has 0 radical (unpaired) electrons. The molecule has 7 nitrogen and oxygen atoms in total. The maximum Gasteiger partial charge on any atom is 0.330 e. The zero-order valence-electron chi connectivity index (χ0n) is 13.1. The van der Waals surface area contributed by atoms with E-state index < -0.39 is 12.0 Å². The van der Waals surface area contributed by atoms with Gasteiger partial charge in [0.2, 0.25) is 11.8 Å². The molecule has 2 N–H and O–H groups in total. The molecular weight excluding hydrogens is 310 g/mol. The highest BCUT2D eigenvalue weighted by atomic mass is 16.5. The van der Waals surface area contributed by atoms with E-state index in [0.29, 0.717) is 30.2 Å². The highest BCUT2D eigenvalue weighted by Crippen LogP contribution is 2.38. The van der Waals surface area contributed by atoms with Gasteiger partial charge in [-0.05, 0) is 24.8 Å². The van der Waals surface area contributed by atoms with E-state index in [1.165, 1.54) is 0 Å². The molecule has 1 saturated carbocycles. The Balaban J connectivity index is 1.47. The summed E-state index contributed by atoms with van der Waals surface area (Å²) >= 11 is 0. The van der Waals surface area contributed by atoms with Gasteiger partial charge in [-0.15, -0.1) is 0 Å². The fourth-order valence-corrected chi connectivity index (χ4v) is 2.44. The number of aliphatic carboxylic acids is 1. The quantitative estimate of drug-likeness (QED) is 0.769. The number of aromatic nitrogens is 2. The van der Waals surface area contributed by atoms with Gasteiger partial charge in [0.05, 0.1) is 0 Å². The largest absolute Gasteiger partial charge is 0.479 e. The SMILES string of the molecule is O=C(CCCc1nc(C2CC2)no1)N[C@H](C(=O)O)c1ccccc1. The number of nitrogens with one attached hydrogen (secondary N) is 1. The first-order valence-corrected chi connectivity index (χ1v) is 8.03. The van der Waals surface area contributed by atoms with Crippen LogP contribution in [0.2, 0.25) is 0 Å². The molecule has 1 aromatic carbocycles. The van der Waals surface area contributed by atoms with E-state index in [0.717, 1.165) is 18.7 Å². The molecule has 1 aliphatic rings. The Morgan fingerprint density at radius 2 is 2.04 bits per heavy atom. The topological polar surface area (TPSA) is 105 Å². The first kappa shape index (κ1) is 16.2. The Morgan fingerprint density at radius 1 is 1.29 bits per heavy atom. The molecule has 1 amide bonds. The summed E-state index contributed by atoms with van der Waals surface area (Å²) in [5.41, 5.74) is 0.546. The van der Waals surface area contributed by atoms with Crippen LogP contribution in [0.15, 0.2) is 34.9 Å². The molecule has 126 valence electrons. The van der Waals surface area contributed by atoms with Crippen LogP contribution in [0.1, 0.15) is 54.9 Å². The van der Waals surface area contributed by atoms with Gasteiger partial charge >= 0.3 is 5.97 Å². The van der Waals surface area contributed by atoms with Crippen LogP contribution >= 0.6 is 0 Å². The van der Waals surface area contributed by atoms with Crippen LogP contribution in [0, 0.1) is 0 Å². The second-order valence-corrected chi connectivity index (χ2v) is 5.92. The highest BCUT2D eigenvalue weighted by Gasteiger charge is 2.28. The first-order valence-electron chi connectivity index (χ1n) is 8.03. The number of rotatable bonds is 8. The maximum absolute atomic E-state index is 12.0. The number of carbonyl (C=O) groups is 2. The number of hydrogen-bond acceptors (Lipinski definition) is 5. The molecule has 1 aromatic heterocycles. The summed E-state index contributed by atoms with van der Waals surface area (Å²) < 4.78 is 5.15. The molecule has 1 atom stereocenters. The first-order chi connectivity index (χ1) is 11.6. The van der Waals surface area contributed by atoms with Gasteiger partial charge in [-0.3, -0.25) is 4.79 Å². The van der Waals surface area contributed by atoms with Crippen LogP contribution in [-0.2, 0) is 16.0 Å². The Bertz CT molecular complexity index is 710. The van der Waals surface area contributed by atoms with Gasteiger partial charge < -0.3 is 14.9 Å². The number of carboxylic acids is 1. The van der Waals surface area contributed by atoms with Gasteiger partial charge in [-0.2, -0.15) is 4.98 Å². The zero-order chi connectivity index (χ0) is 16.9. The van der Waals surface area contributed by atoms with Crippen molar-refractivity contribution in [1.29, 1.82) is 0 Å². The summed E-state index contributed by atoms with van der Waals surface area (Å²) in [6, 6.07) is 7.59. The summed E-state index contributed by atoms with van der Waals surface area (Å²) in [6.45, 7) is 0. The summed E-state index contributed by atoms with van der Waals surface area (Å²) in [7, 11) is 0. The van der Waals surface area contributed by atoms with Crippen molar-refractivity contribution < 1.29 is 19.2 Å². The molecule has 0 unspecified atom stereocenters. The third-order valence-corrected chi connectivity index (χ3v) is 3.91. The van der Waals surface area contributed by atoms with Crippen LogP contribution in [0.4, 0.5) is 0 Å². The smallest absolute Gasteiger partial charge is 0.330 e.